The van der Waals surface area contributed by atoms with Gasteiger partial charge in [-0.15, -0.1) is 5.10 Å². The van der Waals surface area contributed by atoms with Crippen molar-refractivity contribution in [3.05, 3.63) is 76.1 Å². The molecule has 15 nitrogen and oxygen atoms in total. The Hall–Kier alpha value is -5.46. The number of hydrogen-bond donors (Lipinski definition) is 3. The lowest BCUT2D eigenvalue weighted by Crippen LogP contribution is -2.62. The first kappa shape index (κ1) is 40.0. The number of imide groups is 1. The fraction of sp³-hybridized carbons (Fsp3) is 0.463. The van der Waals surface area contributed by atoms with Crippen LogP contribution in [0.15, 0.2) is 48.7 Å². The van der Waals surface area contributed by atoms with E-state index in [1.807, 2.05) is 23.1 Å². The molecule has 9 rings (SSSR count). The van der Waals surface area contributed by atoms with Crippen molar-refractivity contribution in [3.63, 3.8) is 0 Å². The lowest BCUT2D eigenvalue weighted by Gasteiger charge is -2.46. The van der Waals surface area contributed by atoms with Crippen LogP contribution < -0.4 is 25.8 Å². The highest BCUT2D eigenvalue weighted by molar-refractivity contribution is 6.34. The van der Waals surface area contributed by atoms with E-state index < -0.39 is 36.1 Å². The highest BCUT2D eigenvalue weighted by Gasteiger charge is 2.48. The molecule has 5 amide bonds. The standard InChI is InChI=1S/C41H45ClF3N11O4/c1-46-30-21-35(50-56-33(22-47-37(30)56)38(58)48-29-20-28(29)43)54-13-8-26-24(3-2-4-31(26)54)7-11-51-12-9-34(41(44,45)23-51)52-15-17-53(18-16-52)39(59)25-5-6-27(42)32(19-25)55-14-10-36(57)49-40(55)60/h2-6,19,21-22,28-29,34,46H,7-18,20,23H2,1H3,(H,48,58)(H,49,57,60)/t28-,29+,34?/m0/s1. The summed E-state index contributed by atoms with van der Waals surface area (Å²) in [5.74, 6) is -3.44. The van der Waals surface area contributed by atoms with Gasteiger partial charge >= 0.3 is 6.03 Å². The molecule has 0 radical (unpaired) electrons. The van der Waals surface area contributed by atoms with Crippen LogP contribution in [0.25, 0.3) is 5.65 Å². The van der Waals surface area contributed by atoms with Crippen LogP contribution >= 0.6 is 11.6 Å². The van der Waals surface area contributed by atoms with Crippen molar-refractivity contribution < 1.29 is 32.3 Å². The minimum atomic E-state index is -2.95. The summed E-state index contributed by atoms with van der Waals surface area (Å²) in [6, 6.07) is 10.5. The summed E-state index contributed by atoms with van der Waals surface area (Å²) in [7, 11) is 1.77. The van der Waals surface area contributed by atoms with E-state index in [0.29, 0.717) is 80.4 Å². The Bertz CT molecular complexity index is 2370. The number of alkyl halides is 3. The highest BCUT2D eigenvalue weighted by atomic mass is 35.5. The number of likely N-dealkylation sites (tertiary alicyclic amines) is 1. The van der Waals surface area contributed by atoms with Crippen molar-refractivity contribution in [1.29, 1.82) is 0 Å². The molecule has 0 bridgehead atoms. The molecule has 1 unspecified atom stereocenters. The number of hydrogen-bond acceptors (Lipinski definition) is 10. The summed E-state index contributed by atoms with van der Waals surface area (Å²) in [4.78, 5) is 63.7. The smallest absolute Gasteiger partial charge is 0.328 e. The predicted octanol–water partition coefficient (Wildman–Crippen LogP) is 4.12. The van der Waals surface area contributed by atoms with Gasteiger partial charge in [0.25, 0.3) is 17.7 Å². The number of carbonyl (C=O) groups excluding carboxylic acids is 4. The number of carbonyl (C=O) groups is 4. The van der Waals surface area contributed by atoms with E-state index in [-0.39, 0.29) is 55.1 Å². The van der Waals surface area contributed by atoms with Crippen molar-refractivity contribution in [3.8, 4) is 0 Å². The summed E-state index contributed by atoms with van der Waals surface area (Å²) < 4.78 is 46.9. The number of imidazole rings is 1. The van der Waals surface area contributed by atoms with Gasteiger partial charge in [0.05, 0.1) is 41.2 Å². The second kappa shape index (κ2) is 15.9. The van der Waals surface area contributed by atoms with Crippen LogP contribution in [0.2, 0.25) is 5.02 Å². The minimum Gasteiger partial charge on any atom is -0.385 e. The predicted molar refractivity (Wildman–Crippen MR) is 218 cm³/mol. The Balaban J connectivity index is 0.810. The fourth-order valence-electron chi connectivity index (χ4n) is 8.94. The van der Waals surface area contributed by atoms with Gasteiger partial charge < -0.3 is 20.4 Å². The molecule has 1 aliphatic carbocycles. The number of nitrogens with one attached hydrogen (secondary N) is 3. The highest BCUT2D eigenvalue weighted by Crippen LogP contribution is 2.38. The maximum absolute atomic E-state index is 15.9. The van der Waals surface area contributed by atoms with Crippen LogP contribution in [0, 0.1) is 0 Å². The van der Waals surface area contributed by atoms with E-state index in [4.69, 9.17) is 16.7 Å². The average molecular weight is 848 g/mol. The molecule has 6 heterocycles. The Morgan fingerprint density at radius 1 is 0.983 bits per heavy atom. The molecule has 5 aliphatic rings. The molecule has 4 fully saturated rings. The molecule has 1 saturated carbocycles. The summed E-state index contributed by atoms with van der Waals surface area (Å²) in [5.41, 5.74) is 5.20. The summed E-state index contributed by atoms with van der Waals surface area (Å²) in [5, 5.41) is 13.2. The van der Waals surface area contributed by atoms with Crippen molar-refractivity contribution in [2.24, 2.45) is 0 Å². The fourth-order valence-corrected chi connectivity index (χ4v) is 9.16. The first-order valence-corrected chi connectivity index (χ1v) is 20.7. The maximum atomic E-state index is 15.9. The van der Waals surface area contributed by atoms with Gasteiger partial charge in [-0.1, -0.05) is 23.7 Å². The zero-order valence-electron chi connectivity index (χ0n) is 33.0. The van der Waals surface area contributed by atoms with Crippen LogP contribution in [0.1, 0.15) is 51.2 Å². The van der Waals surface area contributed by atoms with Gasteiger partial charge in [-0.3, -0.25) is 34.4 Å². The molecule has 3 N–H and O–H groups in total. The Kier molecular flexibility index (Phi) is 10.6. The maximum Gasteiger partial charge on any atom is 0.328 e. The van der Waals surface area contributed by atoms with Gasteiger partial charge in [-0.05, 0) is 54.7 Å². The Labute approximate surface area is 348 Å². The lowest BCUT2D eigenvalue weighted by atomic mass is 9.96. The van der Waals surface area contributed by atoms with E-state index in [0.717, 1.165) is 23.2 Å². The van der Waals surface area contributed by atoms with Crippen LogP contribution in [0.4, 0.5) is 40.8 Å². The number of piperazine rings is 1. The number of anilines is 4. The number of halogens is 4. The van der Waals surface area contributed by atoms with Gasteiger partial charge in [0, 0.05) is 89.6 Å². The molecule has 4 aromatic rings. The lowest BCUT2D eigenvalue weighted by molar-refractivity contribution is -0.131. The number of amides is 5. The van der Waals surface area contributed by atoms with E-state index in [1.54, 1.807) is 29.0 Å². The summed E-state index contributed by atoms with van der Waals surface area (Å²) in [6.45, 7) is 2.59. The molecule has 60 heavy (non-hydrogen) atoms. The van der Waals surface area contributed by atoms with Crippen LogP contribution in [0.5, 0.6) is 0 Å². The van der Waals surface area contributed by atoms with Gasteiger partial charge in [0.15, 0.2) is 17.2 Å². The largest absolute Gasteiger partial charge is 0.385 e. The average Bonchev–Trinajstić information content (AvgIpc) is 3.55. The van der Waals surface area contributed by atoms with Crippen LogP contribution in [-0.4, -0.2) is 143 Å². The zero-order chi connectivity index (χ0) is 41.9. The number of fused-ring (bicyclic) bond motifs is 2. The van der Waals surface area contributed by atoms with Gasteiger partial charge in [-0.25, -0.2) is 27.5 Å². The quantitative estimate of drug-likeness (QED) is 0.213. The number of urea groups is 1. The molecule has 3 atom stereocenters. The topological polar surface area (TPSA) is 151 Å². The molecule has 2 aromatic heterocycles. The molecule has 0 spiro atoms. The number of rotatable bonds is 10. The molecule has 19 heteroatoms. The van der Waals surface area contributed by atoms with Gasteiger partial charge in [0.1, 0.15) is 6.17 Å². The minimum absolute atomic E-state index is 0.111. The third kappa shape index (κ3) is 7.60. The number of nitrogens with zero attached hydrogens (tertiary/aromatic N) is 8. The third-order valence-electron chi connectivity index (χ3n) is 12.3. The Morgan fingerprint density at radius 2 is 1.77 bits per heavy atom. The first-order valence-electron chi connectivity index (χ1n) is 20.3. The van der Waals surface area contributed by atoms with Crippen LogP contribution in [0.3, 0.4) is 0 Å². The number of piperidine rings is 1. The SMILES string of the molecule is CNc1cc(N2CCc3c(CCN4CCC(N5CCN(C(=O)c6ccc(Cl)c(N7CCC(=O)NC7=O)c6)CC5)C(F)(F)C4)cccc32)nn2c(C(=O)N[C@@H]3C[C@@H]3F)cnc12. The second-order valence-corrected chi connectivity index (χ2v) is 16.4. The van der Waals surface area contributed by atoms with Crippen molar-refractivity contribution in [1.82, 2.24) is 39.9 Å². The molecule has 2 aromatic carbocycles. The summed E-state index contributed by atoms with van der Waals surface area (Å²) >= 11 is 6.37. The van der Waals surface area contributed by atoms with E-state index in [1.165, 1.54) is 21.7 Å². The van der Waals surface area contributed by atoms with Crippen molar-refractivity contribution in [2.75, 3.05) is 81.1 Å². The molecule has 3 saturated heterocycles. The number of aromatic nitrogens is 3. The molecular formula is C41H45ClF3N11O4. The third-order valence-corrected chi connectivity index (χ3v) is 12.6. The zero-order valence-corrected chi connectivity index (χ0v) is 33.7. The van der Waals surface area contributed by atoms with E-state index in [9.17, 15) is 23.6 Å². The van der Waals surface area contributed by atoms with E-state index >= 15 is 8.78 Å². The molecular weight excluding hydrogens is 803 g/mol. The molecule has 4 aliphatic heterocycles. The van der Waals surface area contributed by atoms with Crippen molar-refractivity contribution in [2.45, 2.75) is 56.3 Å². The summed E-state index contributed by atoms with van der Waals surface area (Å²) in [6.07, 6.45) is 2.45. The van der Waals surface area contributed by atoms with E-state index in [2.05, 4.69) is 31.9 Å². The van der Waals surface area contributed by atoms with Gasteiger partial charge in [0.2, 0.25) is 5.91 Å². The monoisotopic (exact) mass is 847 g/mol. The first-order chi connectivity index (χ1) is 28.9. The normalized spacial score (nSPS) is 23.1. The van der Waals surface area contributed by atoms with Crippen LogP contribution in [-0.2, 0) is 17.6 Å². The van der Waals surface area contributed by atoms with Crippen molar-refractivity contribution >= 4 is 63.9 Å². The Morgan fingerprint density at radius 3 is 2.50 bits per heavy atom. The number of benzene rings is 2. The second-order valence-electron chi connectivity index (χ2n) is 16.0. The molecule has 316 valence electrons. The van der Waals surface area contributed by atoms with Gasteiger partial charge in [-0.2, -0.15) is 0 Å².